The molecule has 1 aromatic rings. The first-order chi connectivity index (χ1) is 8.22. The molecular weight excluding hydrogens is 212 g/mol. The Labute approximate surface area is 104 Å². The van der Waals surface area contributed by atoms with Gasteiger partial charge in [0.05, 0.1) is 6.20 Å². The zero-order valence-corrected chi connectivity index (χ0v) is 10.9. The average Bonchev–Trinajstić information content (AvgIpc) is 2.69. The number of aromatic nitrogens is 2. The van der Waals surface area contributed by atoms with Crippen LogP contribution in [0.2, 0.25) is 0 Å². The van der Waals surface area contributed by atoms with Gasteiger partial charge in [-0.2, -0.15) is 5.10 Å². The van der Waals surface area contributed by atoms with Crippen LogP contribution >= 0.6 is 0 Å². The van der Waals surface area contributed by atoms with Gasteiger partial charge in [0.15, 0.2) is 0 Å². The van der Waals surface area contributed by atoms with E-state index in [0.29, 0.717) is 0 Å². The highest BCUT2D eigenvalue weighted by Gasteiger charge is 2.21. The molecule has 17 heavy (non-hydrogen) atoms. The van der Waals surface area contributed by atoms with Gasteiger partial charge in [0, 0.05) is 24.3 Å². The largest absolute Gasteiger partial charge is 0.273 e. The molecule has 0 radical (unpaired) electrons. The predicted molar refractivity (Wildman–Crippen MR) is 69.2 cm³/mol. The molecule has 0 aromatic carbocycles. The van der Waals surface area contributed by atoms with Crippen molar-refractivity contribution in [3.05, 3.63) is 17.5 Å². The highest BCUT2D eigenvalue weighted by atomic mass is 15.3. The second-order valence-electron chi connectivity index (χ2n) is 5.27. The number of aryl methyl sites for hydroxylation is 1. The van der Waals surface area contributed by atoms with Crippen LogP contribution in [0.1, 0.15) is 55.8 Å². The molecule has 1 heterocycles. The van der Waals surface area contributed by atoms with Crippen LogP contribution in [0.5, 0.6) is 0 Å². The summed E-state index contributed by atoms with van der Waals surface area (Å²) in [5.74, 6) is 6.54. The SMILES string of the molecule is Cc1c(C(CC2CCCCC2)NN)cnn1C. The Morgan fingerprint density at radius 1 is 1.47 bits per heavy atom. The molecular formula is C13H24N4. The smallest absolute Gasteiger partial charge is 0.0540 e. The van der Waals surface area contributed by atoms with Crippen LogP contribution < -0.4 is 11.3 Å². The van der Waals surface area contributed by atoms with Crippen molar-refractivity contribution >= 4 is 0 Å². The lowest BCUT2D eigenvalue weighted by Crippen LogP contribution is -2.30. The van der Waals surface area contributed by atoms with Gasteiger partial charge in [0.25, 0.3) is 0 Å². The van der Waals surface area contributed by atoms with Crippen molar-refractivity contribution in [3.63, 3.8) is 0 Å². The maximum absolute atomic E-state index is 5.71. The molecule has 0 spiro atoms. The zero-order chi connectivity index (χ0) is 12.3. The highest BCUT2D eigenvalue weighted by molar-refractivity contribution is 5.20. The van der Waals surface area contributed by atoms with Crippen LogP contribution in [0.4, 0.5) is 0 Å². The summed E-state index contributed by atoms with van der Waals surface area (Å²) >= 11 is 0. The maximum Gasteiger partial charge on any atom is 0.0540 e. The van der Waals surface area contributed by atoms with Crippen molar-refractivity contribution in [1.82, 2.24) is 15.2 Å². The fourth-order valence-corrected chi connectivity index (χ4v) is 2.90. The molecule has 1 aliphatic carbocycles. The number of hydrazine groups is 1. The Bertz CT molecular complexity index is 352. The minimum Gasteiger partial charge on any atom is -0.273 e. The van der Waals surface area contributed by atoms with Crippen molar-refractivity contribution in [2.45, 2.75) is 51.5 Å². The third-order valence-corrected chi connectivity index (χ3v) is 4.14. The van der Waals surface area contributed by atoms with Crippen LogP contribution in [0.25, 0.3) is 0 Å². The Balaban J connectivity index is 2.03. The normalized spacial score (nSPS) is 19.5. The second-order valence-corrected chi connectivity index (χ2v) is 5.27. The molecule has 0 saturated heterocycles. The molecule has 3 N–H and O–H groups in total. The summed E-state index contributed by atoms with van der Waals surface area (Å²) in [6, 6.07) is 0.256. The second kappa shape index (κ2) is 5.65. The topological polar surface area (TPSA) is 55.9 Å². The number of nitrogens with zero attached hydrogens (tertiary/aromatic N) is 2. The molecule has 96 valence electrons. The number of nitrogens with two attached hydrogens (primary N) is 1. The molecule has 0 bridgehead atoms. The highest BCUT2D eigenvalue weighted by Crippen LogP contribution is 2.32. The van der Waals surface area contributed by atoms with E-state index in [1.807, 2.05) is 17.9 Å². The van der Waals surface area contributed by atoms with Crippen LogP contribution in [-0.4, -0.2) is 9.78 Å². The van der Waals surface area contributed by atoms with Crippen LogP contribution in [0, 0.1) is 12.8 Å². The summed E-state index contributed by atoms with van der Waals surface area (Å²) in [4.78, 5) is 0. The quantitative estimate of drug-likeness (QED) is 0.622. The standard InChI is InChI=1S/C13H24N4/c1-10-12(9-15-17(10)2)13(16-14)8-11-6-4-3-5-7-11/h9,11,13,16H,3-8,14H2,1-2H3. The lowest BCUT2D eigenvalue weighted by molar-refractivity contribution is 0.300. The molecule has 1 aromatic heterocycles. The summed E-state index contributed by atoms with van der Waals surface area (Å²) in [6.45, 7) is 2.10. The van der Waals surface area contributed by atoms with Crippen molar-refractivity contribution < 1.29 is 0 Å². The van der Waals surface area contributed by atoms with E-state index in [9.17, 15) is 0 Å². The van der Waals surface area contributed by atoms with Crippen LogP contribution in [0.15, 0.2) is 6.20 Å². The van der Waals surface area contributed by atoms with E-state index in [2.05, 4.69) is 17.4 Å². The Kier molecular flexibility index (Phi) is 4.18. The van der Waals surface area contributed by atoms with E-state index in [4.69, 9.17) is 5.84 Å². The van der Waals surface area contributed by atoms with E-state index in [1.54, 1.807) is 0 Å². The summed E-state index contributed by atoms with van der Waals surface area (Å²) in [5.41, 5.74) is 5.43. The minimum absolute atomic E-state index is 0.256. The minimum atomic E-state index is 0.256. The van der Waals surface area contributed by atoms with Gasteiger partial charge >= 0.3 is 0 Å². The van der Waals surface area contributed by atoms with Crippen molar-refractivity contribution in [1.29, 1.82) is 0 Å². The van der Waals surface area contributed by atoms with Gasteiger partial charge in [-0.05, 0) is 19.3 Å². The molecule has 4 nitrogen and oxygen atoms in total. The van der Waals surface area contributed by atoms with E-state index in [1.165, 1.54) is 43.4 Å². The molecule has 0 amide bonds. The summed E-state index contributed by atoms with van der Waals surface area (Å²) in [7, 11) is 1.98. The Hall–Kier alpha value is -0.870. The van der Waals surface area contributed by atoms with Crippen molar-refractivity contribution in [2.24, 2.45) is 18.8 Å². The average molecular weight is 236 g/mol. The third kappa shape index (κ3) is 2.87. The molecule has 1 saturated carbocycles. The van der Waals surface area contributed by atoms with E-state index < -0.39 is 0 Å². The van der Waals surface area contributed by atoms with Gasteiger partial charge in [-0.1, -0.05) is 32.1 Å². The number of rotatable bonds is 4. The summed E-state index contributed by atoms with van der Waals surface area (Å²) in [5, 5.41) is 4.30. The fourth-order valence-electron chi connectivity index (χ4n) is 2.90. The number of hydrogen-bond acceptors (Lipinski definition) is 3. The summed E-state index contributed by atoms with van der Waals surface area (Å²) < 4.78 is 1.92. The van der Waals surface area contributed by atoms with E-state index >= 15 is 0 Å². The van der Waals surface area contributed by atoms with Gasteiger partial charge in [0.1, 0.15) is 0 Å². The molecule has 2 rings (SSSR count). The predicted octanol–water partition coefficient (Wildman–Crippen LogP) is 2.20. The summed E-state index contributed by atoms with van der Waals surface area (Å²) in [6.07, 6.45) is 9.98. The Morgan fingerprint density at radius 2 is 2.18 bits per heavy atom. The van der Waals surface area contributed by atoms with Crippen molar-refractivity contribution in [2.75, 3.05) is 0 Å². The lowest BCUT2D eigenvalue weighted by Gasteiger charge is -2.26. The van der Waals surface area contributed by atoms with Crippen molar-refractivity contribution in [3.8, 4) is 0 Å². The number of nitrogens with one attached hydrogen (secondary N) is 1. The molecule has 1 fully saturated rings. The van der Waals surface area contributed by atoms with Gasteiger partial charge in [-0.15, -0.1) is 0 Å². The van der Waals surface area contributed by atoms with Crippen LogP contribution in [-0.2, 0) is 7.05 Å². The zero-order valence-electron chi connectivity index (χ0n) is 10.9. The van der Waals surface area contributed by atoms with Gasteiger partial charge in [-0.3, -0.25) is 16.0 Å². The molecule has 1 unspecified atom stereocenters. The van der Waals surface area contributed by atoms with Gasteiger partial charge in [-0.25, -0.2) is 0 Å². The Morgan fingerprint density at radius 3 is 2.71 bits per heavy atom. The maximum atomic E-state index is 5.71. The van der Waals surface area contributed by atoms with E-state index in [0.717, 1.165) is 12.3 Å². The first-order valence-corrected chi connectivity index (χ1v) is 6.67. The number of hydrogen-bond donors (Lipinski definition) is 2. The first kappa shape index (κ1) is 12.6. The van der Waals surface area contributed by atoms with Gasteiger partial charge in [0.2, 0.25) is 0 Å². The third-order valence-electron chi connectivity index (χ3n) is 4.14. The van der Waals surface area contributed by atoms with E-state index in [-0.39, 0.29) is 6.04 Å². The lowest BCUT2D eigenvalue weighted by atomic mass is 9.83. The monoisotopic (exact) mass is 236 g/mol. The molecule has 1 atom stereocenters. The first-order valence-electron chi connectivity index (χ1n) is 6.67. The van der Waals surface area contributed by atoms with Gasteiger partial charge < -0.3 is 0 Å². The molecule has 1 aliphatic rings. The van der Waals surface area contributed by atoms with Crippen LogP contribution in [0.3, 0.4) is 0 Å². The molecule has 4 heteroatoms. The fraction of sp³-hybridized carbons (Fsp3) is 0.769. The molecule has 0 aliphatic heterocycles.